The number of anilines is 2. The van der Waals surface area contributed by atoms with Gasteiger partial charge in [0, 0.05) is 36.3 Å². The molecule has 0 bridgehead atoms. The number of amides is 2. The molecule has 1 aromatic heterocycles. The van der Waals surface area contributed by atoms with E-state index in [1.165, 1.54) is 25.5 Å². The van der Waals surface area contributed by atoms with Crippen LogP contribution in [-0.2, 0) is 14.3 Å². The Hall–Kier alpha value is -3.73. The van der Waals surface area contributed by atoms with E-state index < -0.39 is 35.2 Å². The van der Waals surface area contributed by atoms with Crippen molar-refractivity contribution in [2.75, 3.05) is 24.3 Å². The van der Waals surface area contributed by atoms with Crippen molar-refractivity contribution in [3.63, 3.8) is 0 Å². The lowest BCUT2D eigenvalue weighted by atomic mass is 9.93. The molecular weight excluding hydrogens is 481 g/mol. The van der Waals surface area contributed by atoms with Crippen LogP contribution in [0, 0.1) is 5.82 Å². The number of carbonyl (C=O) groups is 3. The summed E-state index contributed by atoms with van der Waals surface area (Å²) in [6, 6.07) is 10.2. The van der Waals surface area contributed by atoms with Crippen LogP contribution in [0.3, 0.4) is 0 Å². The van der Waals surface area contributed by atoms with E-state index in [2.05, 4.69) is 16.0 Å². The van der Waals surface area contributed by atoms with E-state index >= 15 is 0 Å². The fourth-order valence-corrected chi connectivity index (χ4v) is 3.99. The van der Waals surface area contributed by atoms with Crippen molar-refractivity contribution in [3.05, 3.63) is 71.4 Å². The average Bonchev–Trinajstić information content (AvgIpc) is 3.50. The molecule has 11 heteroatoms. The van der Waals surface area contributed by atoms with Gasteiger partial charge in [-0.05, 0) is 42.0 Å². The van der Waals surface area contributed by atoms with E-state index in [0.29, 0.717) is 10.7 Å². The Labute approximate surface area is 204 Å². The molecule has 1 aliphatic heterocycles. The summed E-state index contributed by atoms with van der Waals surface area (Å²) in [5, 5.41) is 17.8. The van der Waals surface area contributed by atoms with Crippen molar-refractivity contribution >= 4 is 40.8 Å². The molecule has 0 radical (unpaired) electrons. The highest BCUT2D eigenvalue weighted by molar-refractivity contribution is 6.30. The first-order valence-corrected chi connectivity index (χ1v) is 10.9. The zero-order valence-electron chi connectivity index (χ0n) is 18.4. The molecule has 2 atom stereocenters. The van der Waals surface area contributed by atoms with E-state index in [-0.39, 0.29) is 35.3 Å². The van der Waals surface area contributed by atoms with Gasteiger partial charge >= 0.3 is 5.97 Å². The number of benzene rings is 2. The lowest BCUT2D eigenvalue weighted by Gasteiger charge is -2.27. The number of methoxy groups -OCH3 is 1. The van der Waals surface area contributed by atoms with E-state index in [9.17, 15) is 23.9 Å². The zero-order valence-corrected chi connectivity index (χ0v) is 19.2. The predicted molar refractivity (Wildman–Crippen MR) is 126 cm³/mol. The maximum absolute atomic E-state index is 14.9. The number of aromatic carboxylic acids is 1. The third-order valence-electron chi connectivity index (χ3n) is 5.80. The largest absolute Gasteiger partial charge is 0.478 e. The zero-order chi connectivity index (χ0) is 25.2. The molecule has 0 saturated carbocycles. The van der Waals surface area contributed by atoms with Gasteiger partial charge in [-0.1, -0.05) is 17.7 Å². The smallest absolute Gasteiger partial charge is 0.339 e. The first kappa shape index (κ1) is 24.4. The van der Waals surface area contributed by atoms with Gasteiger partial charge in [-0.25, -0.2) is 9.18 Å². The summed E-state index contributed by atoms with van der Waals surface area (Å²) in [5.74, 6) is -3.45. The fourth-order valence-electron chi connectivity index (χ4n) is 3.86. The molecule has 0 aliphatic carbocycles. The van der Waals surface area contributed by atoms with Crippen LogP contribution in [0.5, 0.6) is 0 Å². The number of rotatable bonds is 7. The molecule has 1 fully saturated rings. The van der Waals surface area contributed by atoms with Gasteiger partial charge in [-0.15, -0.1) is 0 Å². The Morgan fingerprint density at radius 1 is 1.14 bits per heavy atom. The van der Waals surface area contributed by atoms with Crippen molar-refractivity contribution in [1.29, 1.82) is 0 Å². The molecule has 1 aliphatic rings. The lowest BCUT2D eigenvalue weighted by molar-refractivity contribution is -0.132. The van der Waals surface area contributed by atoms with Crippen LogP contribution in [0.1, 0.15) is 16.8 Å². The quantitative estimate of drug-likeness (QED) is 0.363. The van der Waals surface area contributed by atoms with Crippen LogP contribution in [0.25, 0.3) is 11.1 Å². The first-order valence-electron chi connectivity index (χ1n) is 10.5. The Morgan fingerprint density at radius 2 is 1.86 bits per heavy atom. The van der Waals surface area contributed by atoms with E-state index in [1.807, 2.05) is 0 Å². The summed E-state index contributed by atoms with van der Waals surface area (Å²) < 4.78 is 25.2. The molecule has 4 rings (SSSR count). The summed E-state index contributed by atoms with van der Waals surface area (Å²) in [5.41, 5.74) is -1.17. The summed E-state index contributed by atoms with van der Waals surface area (Å²) in [7, 11) is 1.47. The number of hydrogen-bond acceptors (Lipinski definition) is 6. The second-order valence-electron chi connectivity index (χ2n) is 7.96. The van der Waals surface area contributed by atoms with Gasteiger partial charge in [0.25, 0.3) is 11.8 Å². The van der Waals surface area contributed by atoms with Crippen LogP contribution in [-0.4, -0.2) is 48.2 Å². The van der Waals surface area contributed by atoms with Crippen LogP contribution in [0.4, 0.5) is 15.8 Å². The van der Waals surface area contributed by atoms with Crippen LogP contribution >= 0.6 is 11.6 Å². The molecule has 2 unspecified atom stereocenters. The third-order valence-corrected chi connectivity index (χ3v) is 6.05. The van der Waals surface area contributed by atoms with Gasteiger partial charge in [-0.3, -0.25) is 14.9 Å². The summed E-state index contributed by atoms with van der Waals surface area (Å²) in [6.45, 7) is 0.234. The Bertz CT molecular complexity index is 1280. The molecule has 2 amide bonds. The molecule has 2 aromatic carbocycles. The highest BCUT2D eigenvalue weighted by Gasteiger charge is 2.51. The minimum absolute atomic E-state index is 0.0193. The summed E-state index contributed by atoms with van der Waals surface area (Å²) in [6.07, 6.45) is 1.84. The molecule has 2 heterocycles. The van der Waals surface area contributed by atoms with Crippen molar-refractivity contribution in [1.82, 2.24) is 5.32 Å². The number of carboxylic acid groups (broad SMARTS) is 1. The second-order valence-corrected chi connectivity index (χ2v) is 8.40. The Kier molecular flexibility index (Phi) is 6.88. The standard InChI is InChI=1S/C24H21ClFN3O6/c1-34-16-9-24(27-10-16,22(32)28-15-5-3-14(25)4-6-15)23(33)29-20-7-2-13(8-19(20)26)17-11-35-12-18(17)21(30)31/h2-8,11-12,16,27H,9-10H2,1H3,(H,28,32)(H,29,33)(H,30,31). The lowest BCUT2D eigenvalue weighted by Crippen LogP contribution is -2.59. The van der Waals surface area contributed by atoms with Crippen LogP contribution < -0.4 is 16.0 Å². The number of halogens is 2. The topological polar surface area (TPSA) is 130 Å². The van der Waals surface area contributed by atoms with Crippen molar-refractivity contribution in [3.8, 4) is 11.1 Å². The van der Waals surface area contributed by atoms with Gasteiger partial charge in [-0.2, -0.15) is 0 Å². The van der Waals surface area contributed by atoms with Gasteiger partial charge < -0.3 is 24.9 Å². The van der Waals surface area contributed by atoms with Crippen molar-refractivity contribution in [2.45, 2.75) is 18.1 Å². The average molecular weight is 502 g/mol. The fraction of sp³-hybridized carbons (Fsp3) is 0.208. The Morgan fingerprint density at radius 3 is 2.49 bits per heavy atom. The maximum atomic E-state index is 14.9. The highest BCUT2D eigenvalue weighted by atomic mass is 35.5. The van der Waals surface area contributed by atoms with Gasteiger partial charge in [0.2, 0.25) is 0 Å². The summed E-state index contributed by atoms with van der Waals surface area (Å²) in [4.78, 5) is 37.9. The SMILES string of the molecule is COC1CNC(C(=O)Nc2ccc(Cl)cc2)(C(=O)Nc2ccc(-c3cocc3C(=O)O)cc2F)C1. The van der Waals surface area contributed by atoms with E-state index in [4.69, 9.17) is 20.8 Å². The molecule has 0 spiro atoms. The van der Waals surface area contributed by atoms with Gasteiger partial charge in [0.05, 0.1) is 18.1 Å². The molecule has 4 N–H and O–H groups in total. The number of furan rings is 1. The molecular formula is C24H21ClFN3O6. The molecule has 35 heavy (non-hydrogen) atoms. The van der Waals surface area contributed by atoms with Crippen LogP contribution in [0.15, 0.2) is 59.4 Å². The van der Waals surface area contributed by atoms with Gasteiger partial charge in [0.1, 0.15) is 17.6 Å². The minimum atomic E-state index is -1.73. The van der Waals surface area contributed by atoms with Crippen LogP contribution in [0.2, 0.25) is 5.02 Å². The second kappa shape index (κ2) is 9.87. The Balaban J connectivity index is 1.58. The van der Waals surface area contributed by atoms with Crippen molar-refractivity contribution < 1.29 is 33.0 Å². The number of carboxylic acids is 1. The first-order chi connectivity index (χ1) is 16.7. The number of nitrogens with one attached hydrogen (secondary N) is 3. The highest BCUT2D eigenvalue weighted by Crippen LogP contribution is 2.30. The molecule has 9 nitrogen and oxygen atoms in total. The number of ether oxygens (including phenoxy) is 1. The monoisotopic (exact) mass is 501 g/mol. The van der Waals surface area contributed by atoms with E-state index in [0.717, 1.165) is 12.3 Å². The predicted octanol–water partition coefficient (Wildman–Crippen LogP) is 3.76. The number of hydrogen-bond donors (Lipinski definition) is 4. The maximum Gasteiger partial charge on any atom is 0.339 e. The van der Waals surface area contributed by atoms with E-state index in [1.54, 1.807) is 24.3 Å². The summed E-state index contributed by atoms with van der Waals surface area (Å²) >= 11 is 5.89. The third kappa shape index (κ3) is 4.90. The van der Waals surface area contributed by atoms with Gasteiger partial charge in [0.15, 0.2) is 5.54 Å². The molecule has 182 valence electrons. The molecule has 3 aromatic rings. The molecule has 1 saturated heterocycles. The normalized spacial score (nSPS) is 19.3. The minimum Gasteiger partial charge on any atom is -0.478 e. The van der Waals surface area contributed by atoms with Crippen molar-refractivity contribution in [2.24, 2.45) is 0 Å². The number of carbonyl (C=O) groups excluding carboxylic acids is 2.